The summed E-state index contributed by atoms with van der Waals surface area (Å²) in [4.78, 5) is 4.19. The highest BCUT2D eigenvalue weighted by atomic mass is 16.5. The summed E-state index contributed by atoms with van der Waals surface area (Å²) in [6.45, 7) is 3.85. The van der Waals surface area contributed by atoms with Gasteiger partial charge in [-0.25, -0.2) is 4.98 Å². The zero-order valence-electron chi connectivity index (χ0n) is 8.73. The summed E-state index contributed by atoms with van der Waals surface area (Å²) < 4.78 is 7.78. The molecular weight excluding hydrogens is 178 g/mol. The van der Waals surface area contributed by atoms with Crippen LogP contribution in [0, 0.1) is 0 Å². The predicted molar refractivity (Wildman–Crippen MR) is 54.1 cm³/mol. The molecule has 0 radical (unpaired) electrons. The first-order chi connectivity index (χ1) is 6.83. The van der Waals surface area contributed by atoms with Crippen LogP contribution < -0.4 is 5.32 Å². The Labute approximate surface area is 84.3 Å². The summed E-state index contributed by atoms with van der Waals surface area (Å²) in [6.07, 6.45) is 5.22. The Morgan fingerprint density at radius 3 is 3.21 bits per heavy atom. The second-order valence-electron chi connectivity index (χ2n) is 3.75. The van der Waals surface area contributed by atoms with Gasteiger partial charge in [0.05, 0.1) is 24.2 Å². The van der Waals surface area contributed by atoms with Gasteiger partial charge in [0, 0.05) is 19.3 Å². The Bertz CT molecular complexity index is 297. The van der Waals surface area contributed by atoms with E-state index >= 15 is 0 Å². The maximum atomic E-state index is 5.55. The van der Waals surface area contributed by atoms with Crippen LogP contribution in [0.25, 0.3) is 0 Å². The molecule has 0 saturated carbocycles. The molecule has 1 aliphatic rings. The number of nitrogens with zero attached hydrogens (tertiary/aromatic N) is 2. The Balaban J connectivity index is 2.17. The molecule has 1 aliphatic heterocycles. The normalized spacial score (nSPS) is 27.0. The molecule has 0 amide bonds. The first-order valence-corrected chi connectivity index (χ1v) is 5.10. The molecule has 2 unspecified atom stereocenters. The predicted octanol–water partition coefficient (Wildman–Crippen LogP) is 0.952. The van der Waals surface area contributed by atoms with Crippen LogP contribution in [0.2, 0.25) is 0 Å². The average molecular weight is 195 g/mol. The maximum Gasteiger partial charge on any atom is 0.0952 e. The summed E-state index contributed by atoms with van der Waals surface area (Å²) in [6, 6.07) is 0.459. The van der Waals surface area contributed by atoms with Gasteiger partial charge in [-0.3, -0.25) is 0 Å². The van der Waals surface area contributed by atoms with E-state index in [0.29, 0.717) is 12.1 Å². The van der Waals surface area contributed by atoms with Crippen molar-refractivity contribution in [1.82, 2.24) is 14.9 Å². The monoisotopic (exact) mass is 195 g/mol. The number of nitrogens with one attached hydrogen (secondary N) is 1. The molecule has 0 bridgehead atoms. The molecule has 2 heterocycles. The van der Waals surface area contributed by atoms with Crippen LogP contribution in [0.15, 0.2) is 12.5 Å². The molecule has 78 valence electrons. The summed E-state index contributed by atoms with van der Waals surface area (Å²) in [5.41, 5.74) is 1.23. The lowest BCUT2D eigenvalue weighted by Crippen LogP contribution is -2.20. The van der Waals surface area contributed by atoms with E-state index in [4.69, 9.17) is 4.74 Å². The minimum atomic E-state index is 0.305. The molecule has 2 atom stereocenters. The molecule has 0 aromatic carbocycles. The van der Waals surface area contributed by atoms with Gasteiger partial charge in [-0.15, -0.1) is 0 Å². The first-order valence-electron chi connectivity index (χ1n) is 5.10. The number of imidazole rings is 1. The highest BCUT2D eigenvalue weighted by Gasteiger charge is 2.26. The fraction of sp³-hybridized carbons (Fsp3) is 0.700. The summed E-state index contributed by atoms with van der Waals surface area (Å²) >= 11 is 0. The lowest BCUT2D eigenvalue weighted by molar-refractivity contribution is 0.107. The van der Waals surface area contributed by atoms with Gasteiger partial charge in [0.2, 0.25) is 0 Å². The van der Waals surface area contributed by atoms with E-state index in [1.54, 1.807) is 0 Å². The first kappa shape index (κ1) is 9.68. The zero-order valence-corrected chi connectivity index (χ0v) is 8.73. The molecule has 2 rings (SSSR count). The molecule has 0 aliphatic carbocycles. The Morgan fingerprint density at radius 2 is 2.57 bits per heavy atom. The summed E-state index contributed by atoms with van der Waals surface area (Å²) in [5, 5.41) is 3.15. The third-order valence-electron chi connectivity index (χ3n) is 2.80. The zero-order chi connectivity index (χ0) is 9.97. The van der Waals surface area contributed by atoms with Crippen LogP contribution in [-0.4, -0.2) is 29.3 Å². The summed E-state index contributed by atoms with van der Waals surface area (Å²) in [7, 11) is 1.95. The van der Waals surface area contributed by atoms with Gasteiger partial charge in [-0.05, 0) is 20.4 Å². The fourth-order valence-corrected chi connectivity index (χ4v) is 2.03. The minimum Gasteiger partial charge on any atom is -0.376 e. The SMILES string of the molecule is CNCc1cncn1C1CCOC1C. The van der Waals surface area contributed by atoms with E-state index < -0.39 is 0 Å². The molecule has 1 N–H and O–H groups in total. The van der Waals surface area contributed by atoms with Crippen molar-refractivity contribution in [3.8, 4) is 0 Å². The Hall–Kier alpha value is -0.870. The van der Waals surface area contributed by atoms with E-state index in [1.807, 2.05) is 19.6 Å². The van der Waals surface area contributed by atoms with Crippen LogP contribution in [0.4, 0.5) is 0 Å². The van der Waals surface area contributed by atoms with Crippen molar-refractivity contribution in [2.24, 2.45) is 0 Å². The van der Waals surface area contributed by atoms with Gasteiger partial charge in [-0.1, -0.05) is 0 Å². The van der Waals surface area contributed by atoms with Crippen LogP contribution in [0.5, 0.6) is 0 Å². The fourth-order valence-electron chi connectivity index (χ4n) is 2.03. The van der Waals surface area contributed by atoms with E-state index in [9.17, 15) is 0 Å². The van der Waals surface area contributed by atoms with Gasteiger partial charge in [-0.2, -0.15) is 0 Å². The Morgan fingerprint density at radius 1 is 1.71 bits per heavy atom. The van der Waals surface area contributed by atoms with E-state index in [-0.39, 0.29) is 0 Å². The van der Waals surface area contributed by atoms with Crippen molar-refractivity contribution in [2.45, 2.75) is 32.0 Å². The van der Waals surface area contributed by atoms with E-state index in [0.717, 1.165) is 19.6 Å². The van der Waals surface area contributed by atoms with Crippen LogP contribution in [0.1, 0.15) is 25.1 Å². The van der Waals surface area contributed by atoms with Gasteiger partial charge in [0.1, 0.15) is 0 Å². The molecule has 4 heteroatoms. The third kappa shape index (κ3) is 1.67. The average Bonchev–Trinajstić information content (AvgIpc) is 2.74. The highest BCUT2D eigenvalue weighted by molar-refractivity contribution is 5.01. The largest absolute Gasteiger partial charge is 0.376 e. The molecule has 0 spiro atoms. The topological polar surface area (TPSA) is 39.1 Å². The Kier molecular flexibility index (Phi) is 2.84. The minimum absolute atomic E-state index is 0.305. The lowest BCUT2D eigenvalue weighted by Gasteiger charge is -2.18. The third-order valence-corrected chi connectivity index (χ3v) is 2.80. The van der Waals surface area contributed by atoms with Crippen LogP contribution in [0.3, 0.4) is 0 Å². The quantitative estimate of drug-likeness (QED) is 0.780. The van der Waals surface area contributed by atoms with Gasteiger partial charge in [0.15, 0.2) is 0 Å². The van der Waals surface area contributed by atoms with Gasteiger partial charge in [0.25, 0.3) is 0 Å². The number of hydrogen-bond donors (Lipinski definition) is 1. The number of hydrogen-bond acceptors (Lipinski definition) is 3. The second-order valence-corrected chi connectivity index (χ2v) is 3.75. The second kappa shape index (κ2) is 4.11. The number of ether oxygens (including phenoxy) is 1. The lowest BCUT2D eigenvalue weighted by atomic mass is 10.1. The summed E-state index contributed by atoms with van der Waals surface area (Å²) in [5.74, 6) is 0. The van der Waals surface area contributed by atoms with Crippen molar-refractivity contribution < 1.29 is 4.74 Å². The van der Waals surface area contributed by atoms with Crippen molar-refractivity contribution in [3.63, 3.8) is 0 Å². The van der Waals surface area contributed by atoms with E-state index in [1.165, 1.54) is 5.69 Å². The standard InChI is InChI=1S/C10H17N3O/c1-8-10(3-4-14-8)13-7-12-6-9(13)5-11-2/h6-8,10-11H,3-5H2,1-2H3. The smallest absolute Gasteiger partial charge is 0.0952 e. The molecular formula is C10H17N3O. The van der Waals surface area contributed by atoms with E-state index in [2.05, 4.69) is 21.8 Å². The van der Waals surface area contributed by atoms with Gasteiger partial charge >= 0.3 is 0 Å². The molecule has 1 saturated heterocycles. The maximum absolute atomic E-state index is 5.55. The van der Waals surface area contributed by atoms with Crippen molar-refractivity contribution in [3.05, 3.63) is 18.2 Å². The van der Waals surface area contributed by atoms with Gasteiger partial charge < -0.3 is 14.6 Å². The molecule has 1 fully saturated rings. The molecule has 4 nitrogen and oxygen atoms in total. The highest BCUT2D eigenvalue weighted by Crippen LogP contribution is 2.26. The molecule has 14 heavy (non-hydrogen) atoms. The molecule has 1 aromatic rings. The van der Waals surface area contributed by atoms with Crippen LogP contribution >= 0.6 is 0 Å². The van der Waals surface area contributed by atoms with Crippen molar-refractivity contribution >= 4 is 0 Å². The van der Waals surface area contributed by atoms with Crippen molar-refractivity contribution in [1.29, 1.82) is 0 Å². The molecule has 1 aromatic heterocycles. The number of aromatic nitrogens is 2. The van der Waals surface area contributed by atoms with Crippen molar-refractivity contribution in [2.75, 3.05) is 13.7 Å². The van der Waals surface area contributed by atoms with Crippen LogP contribution in [-0.2, 0) is 11.3 Å². The number of rotatable bonds is 3.